The first kappa shape index (κ1) is 13.7. The van der Waals surface area contributed by atoms with Crippen molar-refractivity contribution < 1.29 is 8.42 Å². The highest BCUT2D eigenvalue weighted by molar-refractivity contribution is 7.89. The predicted molar refractivity (Wildman–Crippen MR) is 75.5 cm³/mol. The molecule has 7 heteroatoms. The zero-order valence-electron chi connectivity index (χ0n) is 10.6. The number of fused-ring (bicyclic) bond motifs is 1. The minimum absolute atomic E-state index is 0.0253. The summed E-state index contributed by atoms with van der Waals surface area (Å²) in [6, 6.07) is 7.58. The number of rotatable bonds is 6. The van der Waals surface area contributed by atoms with E-state index >= 15 is 0 Å². The molecule has 0 aliphatic carbocycles. The number of benzene rings is 1. The van der Waals surface area contributed by atoms with Crippen LogP contribution in [0.5, 0.6) is 0 Å². The van der Waals surface area contributed by atoms with Crippen LogP contribution in [0.25, 0.3) is 10.9 Å². The maximum absolute atomic E-state index is 11.5. The highest BCUT2D eigenvalue weighted by Gasteiger charge is 2.08. The molecule has 2 aromatic rings. The van der Waals surface area contributed by atoms with Crippen molar-refractivity contribution in [1.29, 1.82) is 0 Å². The van der Waals surface area contributed by atoms with Crippen LogP contribution in [0.1, 0.15) is 6.92 Å². The van der Waals surface area contributed by atoms with Gasteiger partial charge in [-0.25, -0.2) is 13.1 Å². The van der Waals surface area contributed by atoms with Gasteiger partial charge >= 0.3 is 0 Å². The third kappa shape index (κ3) is 3.62. The molecular weight excluding hydrogens is 264 g/mol. The lowest BCUT2D eigenvalue weighted by Crippen LogP contribution is -2.29. The fraction of sp³-hybridized carbons (Fsp3) is 0.333. The van der Waals surface area contributed by atoms with Crippen LogP contribution in [-0.4, -0.2) is 37.5 Å². The maximum Gasteiger partial charge on any atom is 0.213 e. The lowest BCUT2D eigenvalue weighted by molar-refractivity contribution is 0.584. The summed E-state index contributed by atoms with van der Waals surface area (Å²) in [7, 11) is -3.20. The molecule has 0 saturated heterocycles. The van der Waals surface area contributed by atoms with Gasteiger partial charge in [-0.3, -0.25) is 0 Å². The molecule has 0 spiro atoms. The number of hydrogen-bond donors (Lipinski definition) is 2. The van der Waals surface area contributed by atoms with E-state index in [4.69, 9.17) is 0 Å². The van der Waals surface area contributed by atoms with Crippen LogP contribution in [0.2, 0.25) is 0 Å². The average Bonchev–Trinajstić information content (AvgIpc) is 2.39. The summed E-state index contributed by atoms with van der Waals surface area (Å²) in [5.41, 5.74) is 1.57. The normalized spacial score (nSPS) is 11.6. The van der Waals surface area contributed by atoms with Crippen molar-refractivity contribution in [3.05, 3.63) is 30.5 Å². The van der Waals surface area contributed by atoms with Crippen molar-refractivity contribution in [3.8, 4) is 0 Å². The fourth-order valence-corrected chi connectivity index (χ4v) is 2.71. The molecular formula is C12H16N4O2S. The van der Waals surface area contributed by atoms with E-state index in [0.717, 1.165) is 16.6 Å². The van der Waals surface area contributed by atoms with Crippen LogP contribution in [0.3, 0.4) is 0 Å². The standard InChI is InChI=1S/C12H16N4O2S/c1-2-15-19(17,18)8-7-13-12-9-14-16-11-6-4-3-5-10(11)12/h3-6,9,15H,2,7-8H2,1H3,(H,13,16). The molecule has 0 amide bonds. The Morgan fingerprint density at radius 2 is 2.05 bits per heavy atom. The largest absolute Gasteiger partial charge is 0.382 e. The Hall–Kier alpha value is -1.73. The van der Waals surface area contributed by atoms with Gasteiger partial charge < -0.3 is 5.32 Å². The lowest BCUT2D eigenvalue weighted by Gasteiger charge is -2.09. The van der Waals surface area contributed by atoms with Crippen molar-refractivity contribution in [2.75, 3.05) is 24.2 Å². The van der Waals surface area contributed by atoms with E-state index in [9.17, 15) is 8.42 Å². The Morgan fingerprint density at radius 1 is 1.26 bits per heavy atom. The topological polar surface area (TPSA) is 84.0 Å². The first-order valence-electron chi connectivity index (χ1n) is 6.04. The second kappa shape index (κ2) is 5.94. The summed E-state index contributed by atoms with van der Waals surface area (Å²) in [5, 5.41) is 11.9. The maximum atomic E-state index is 11.5. The zero-order chi connectivity index (χ0) is 13.7. The van der Waals surface area contributed by atoms with Gasteiger partial charge in [0.05, 0.1) is 23.2 Å². The van der Waals surface area contributed by atoms with Gasteiger partial charge in [0.2, 0.25) is 10.0 Å². The zero-order valence-corrected chi connectivity index (χ0v) is 11.4. The van der Waals surface area contributed by atoms with Crippen molar-refractivity contribution in [3.63, 3.8) is 0 Å². The summed E-state index contributed by atoms with van der Waals surface area (Å²) in [5.74, 6) is 0.0253. The number of anilines is 1. The van der Waals surface area contributed by atoms with Crippen molar-refractivity contribution in [1.82, 2.24) is 14.9 Å². The van der Waals surface area contributed by atoms with Gasteiger partial charge in [0.25, 0.3) is 0 Å². The van der Waals surface area contributed by atoms with E-state index in [1.165, 1.54) is 0 Å². The van der Waals surface area contributed by atoms with Gasteiger partial charge in [-0.05, 0) is 6.07 Å². The SMILES string of the molecule is CCNS(=O)(=O)CCNc1cnnc2ccccc12. The molecule has 0 aliphatic rings. The van der Waals surface area contributed by atoms with E-state index in [1.54, 1.807) is 13.1 Å². The van der Waals surface area contributed by atoms with Crippen LogP contribution in [0.15, 0.2) is 30.5 Å². The molecule has 0 saturated carbocycles. The number of sulfonamides is 1. The third-order valence-corrected chi connectivity index (χ3v) is 4.07. The number of nitrogens with one attached hydrogen (secondary N) is 2. The summed E-state index contributed by atoms with van der Waals surface area (Å²) < 4.78 is 25.5. The van der Waals surface area contributed by atoms with Crippen molar-refractivity contribution in [2.24, 2.45) is 0 Å². The molecule has 2 N–H and O–H groups in total. The summed E-state index contributed by atoms with van der Waals surface area (Å²) in [6.07, 6.45) is 1.60. The molecule has 0 unspecified atom stereocenters. The fourth-order valence-electron chi connectivity index (χ4n) is 1.76. The molecule has 0 aliphatic heterocycles. The second-order valence-corrected chi connectivity index (χ2v) is 5.95. The monoisotopic (exact) mass is 280 g/mol. The molecule has 6 nitrogen and oxygen atoms in total. The van der Waals surface area contributed by atoms with Gasteiger partial charge in [-0.1, -0.05) is 25.1 Å². The van der Waals surface area contributed by atoms with E-state index < -0.39 is 10.0 Å². The Kier molecular flexibility index (Phi) is 4.28. The Labute approximate surface area is 112 Å². The molecule has 1 heterocycles. The third-order valence-electron chi connectivity index (χ3n) is 2.60. The van der Waals surface area contributed by atoms with E-state index in [1.807, 2.05) is 24.3 Å². The summed E-state index contributed by atoms with van der Waals surface area (Å²) in [6.45, 7) is 2.48. The minimum atomic E-state index is -3.20. The Morgan fingerprint density at radius 3 is 2.84 bits per heavy atom. The highest BCUT2D eigenvalue weighted by atomic mass is 32.2. The second-order valence-electron chi connectivity index (χ2n) is 4.02. The molecule has 0 radical (unpaired) electrons. The van der Waals surface area contributed by atoms with Gasteiger partial charge in [0.1, 0.15) is 0 Å². The Bertz CT molecular complexity index is 652. The van der Waals surface area contributed by atoms with Gasteiger partial charge in [0, 0.05) is 18.5 Å². The van der Waals surface area contributed by atoms with E-state index in [2.05, 4.69) is 20.2 Å². The van der Waals surface area contributed by atoms with Crippen LogP contribution in [0, 0.1) is 0 Å². The van der Waals surface area contributed by atoms with E-state index in [0.29, 0.717) is 13.1 Å². The number of aromatic nitrogens is 2. The predicted octanol–water partition coefficient (Wildman–Crippen LogP) is 0.981. The summed E-state index contributed by atoms with van der Waals surface area (Å²) in [4.78, 5) is 0. The van der Waals surface area contributed by atoms with Crippen LogP contribution >= 0.6 is 0 Å². The van der Waals surface area contributed by atoms with Crippen LogP contribution in [0.4, 0.5) is 5.69 Å². The van der Waals surface area contributed by atoms with Crippen molar-refractivity contribution >= 4 is 26.6 Å². The Balaban J connectivity index is 2.06. The molecule has 19 heavy (non-hydrogen) atoms. The molecule has 1 aromatic heterocycles. The molecule has 2 rings (SSSR count). The van der Waals surface area contributed by atoms with E-state index in [-0.39, 0.29) is 5.75 Å². The first-order chi connectivity index (χ1) is 9.12. The van der Waals surface area contributed by atoms with Gasteiger partial charge in [-0.2, -0.15) is 10.2 Å². The molecule has 1 aromatic carbocycles. The van der Waals surface area contributed by atoms with Gasteiger partial charge in [0.15, 0.2) is 0 Å². The minimum Gasteiger partial charge on any atom is -0.382 e. The summed E-state index contributed by atoms with van der Waals surface area (Å²) >= 11 is 0. The molecule has 0 bridgehead atoms. The van der Waals surface area contributed by atoms with Gasteiger partial charge in [-0.15, -0.1) is 0 Å². The number of nitrogens with zero attached hydrogens (tertiary/aromatic N) is 2. The van der Waals surface area contributed by atoms with Crippen LogP contribution in [-0.2, 0) is 10.0 Å². The lowest BCUT2D eigenvalue weighted by atomic mass is 10.2. The quantitative estimate of drug-likeness (QED) is 0.824. The van der Waals surface area contributed by atoms with Crippen molar-refractivity contribution in [2.45, 2.75) is 6.92 Å². The highest BCUT2D eigenvalue weighted by Crippen LogP contribution is 2.19. The molecule has 0 fully saturated rings. The molecule has 0 atom stereocenters. The van der Waals surface area contributed by atoms with Crippen LogP contribution < -0.4 is 10.0 Å². The molecule has 102 valence electrons. The first-order valence-corrected chi connectivity index (χ1v) is 7.69. The smallest absolute Gasteiger partial charge is 0.213 e. The average molecular weight is 280 g/mol. The number of hydrogen-bond acceptors (Lipinski definition) is 5.